The Morgan fingerprint density at radius 2 is 2.00 bits per heavy atom. The SMILES string of the molecule is Nc1cc(Cl)c(NCc2cnc[nH]2)c(Cl)c1. The lowest BCUT2D eigenvalue weighted by atomic mass is 10.2. The second-order valence-electron chi connectivity index (χ2n) is 3.29. The van der Waals surface area contributed by atoms with Crippen LogP contribution in [0, 0.1) is 0 Å². The zero-order chi connectivity index (χ0) is 11.5. The molecule has 0 unspecified atom stereocenters. The number of imidazole rings is 1. The molecule has 1 aromatic heterocycles. The number of aromatic nitrogens is 2. The fraction of sp³-hybridized carbons (Fsp3) is 0.100. The normalized spacial score (nSPS) is 10.4. The summed E-state index contributed by atoms with van der Waals surface area (Å²) in [6.45, 7) is 0.573. The van der Waals surface area contributed by atoms with E-state index < -0.39 is 0 Å². The number of nitrogens with zero attached hydrogens (tertiary/aromatic N) is 1. The first-order valence-electron chi connectivity index (χ1n) is 4.62. The maximum atomic E-state index is 6.02. The van der Waals surface area contributed by atoms with E-state index in [0.717, 1.165) is 5.69 Å². The van der Waals surface area contributed by atoms with Crippen LogP contribution in [0.3, 0.4) is 0 Å². The lowest BCUT2D eigenvalue weighted by Crippen LogP contribution is -2.01. The molecule has 0 aliphatic heterocycles. The summed E-state index contributed by atoms with van der Waals surface area (Å²) < 4.78 is 0. The van der Waals surface area contributed by atoms with E-state index in [-0.39, 0.29) is 0 Å². The van der Waals surface area contributed by atoms with Crippen LogP contribution >= 0.6 is 23.2 Å². The molecule has 4 N–H and O–H groups in total. The van der Waals surface area contributed by atoms with Gasteiger partial charge in [0.1, 0.15) is 0 Å². The van der Waals surface area contributed by atoms with Crippen LogP contribution in [0.5, 0.6) is 0 Å². The molecule has 2 rings (SSSR count). The molecule has 6 heteroatoms. The summed E-state index contributed by atoms with van der Waals surface area (Å²) in [5.74, 6) is 0. The van der Waals surface area contributed by atoms with E-state index in [9.17, 15) is 0 Å². The van der Waals surface area contributed by atoms with Gasteiger partial charge in [0.05, 0.1) is 34.3 Å². The molecule has 4 nitrogen and oxygen atoms in total. The maximum Gasteiger partial charge on any atom is 0.0922 e. The van der Waals surface area contributed by atoms with Crippen LogP contribution in [0.1, 0.15) is 5.69 Å². The number of nitrogens with two attached hydrogens (primary N) is 1. The van der Waals surface area contributed by atoms with Crippen molar-refractivity contribution in [2.45, 2.75) is 6.54 Å². The number of halogens is 2. The third kappa shape index (κ3) is 2.40. The van der Waals surface area contributed by atoms with Crippen LogP contribution < -0.4 is 11.1 Å². The number of rotatable bonds is 3. The van der Waals surface area contributed by atoms with Gasteiger partial charge in [0.15, 0.2) is 0 Å². The smallest absolute Gasteiger partial charge is 0.0922 e. The molecule has 0 saturated heterocycles. The van der Waals surface area contributed by atoms with Gasteiger partial charge in [0.2, 0.25) is 0 Å². The molecule has 0 aliphatic rings. The second kappa shape index (κ2) is 4.63. The van der Waals surface area contributed by atoms with Crippen molar-refractivity contribution in [3.8, 4) is 0 Å². The number of benzene rings is 1. The van der Waals surface area contributed by atoms with Gasteiger partial charge in [-0.1, -0.05) is 23.2 Å². The molecule has 0 bridgehead atoms. The topological polar surface area (TPSA) is 66.7 Å². The molecule has 1 heterocycles. The van der Waals surface area contributed by atoms with Crippen molar-refractivity contribution in [3.63, 3.8) is 0 Å². The average molecular weight is 257 g/mol. The van der Waals surface area contributed by atoms with Crippen molar-refractivity contribution < 1.29 is 0 Å². The summed E-state index contributed by atoms with van der Waals surface area (Å²) >= 11 is 12.0. The Balaban J connectivity index is 2.15. The minimum Gasteiger partial charge on any atom is -0.399 e. The Kier molecular flexibility index (Phi) is 3.22. The molecule has 0 saturated carbocycles. The molecule has 0 fully saturated rings. The number of H-pyrrole nitrogens is 1. The predicted molar refractivity (Wildman–Crippen MR) is 66.8 cm³/mol. The first-order chi connectivity index (χ1) is 7.66. The van der Waals surface area contributed by atoms with Gasteiger partial charge in [-0.25, -0.2) is 4.98 Å². The van der Waals surface area contributed by atoms with Gasteiger partial charge in [0, 0.05) is 11.9 Å². The summed E-state index contributed by atoms with van der Waals surface area (Å²) in [6.07, 6.45) is 3.34. The molecular weight excluding hydrogens is 247 g/mol. The van der Waals surface area contributed by atoms with Gasteiger partial charge in [-0.2, -0.15) is 0 Å². The predicted octanol–water partition coefficient (Wildman–Crippen LogP) is 2.91. The Labute approximate surface area is 103 Å². The molecule has 0 aliphatic carbocycles. The third-order valence-electron chi connectivity index (χ3n) is 2.07. The Morgan fingerprint density at radius 3 is 2.56 bits per heavy atom. The van der Waals surface area contributed by atoms with E-state index in [1.165, 1.54) is 0 Å². The van der Waals surface area contributed by atoms with Crippen molar-refractivity contribution in [1.82, 2.24) is 9.97 Å². The van der Waals surface area contributed by atoms with Gasteiger partial charge in [-0.3, -0.25) is 0 Å². The van der Waals surface area contributed by atoms with Gasteiger partial charge in [-0.15, -0.1) is 0 Å². The fourth-order valence-corrected chi connectivity index (χ4v) is 1.96. The highest BCUT2D eigenvalue weighted by molar-refractivity contribution is 6.39. The Bertz CT molecular complexity index is 459. The highest BCUT2D eigenvalue weighted by Crippen LogP contribution is 2.32. The van der Waals surface area contributed by atoms with Crippen LogP contribution in [-0.4, -0.2) is 9.97 Å². The third-order valence-corrected chi connectivity index (χ3v) is 2.67. The quantitative estimate of drug-likeness (QED) is 0.740. The number of nitrogens with one attached hydrogen (secondary N) is 2. The minimum absolute atomic E-state index is 0.504. The standard InChI is InChI=1S/C10H10Cl2N4/c11-8-1-6(13)2-9(12)10(8)15-4-7-3-14-5-16-7/h1-3,5,15H,4,13H2,(H,14,16). The largest absolute Gasteiger partial charge is 0.399 e. The van der Waals surface area contributed by atoms with Crippen molar-refractivity contribution in [3.05, 3.63) is 40.4 Å². The number of aromatic amines is 1. The zero-order valence-corrected chi connectivity index (χ0v) is 9.81. The number of hydrogen-bond acceptors (Lipinski definition) is 3. The summed E-state index contributed by atoms with van der Waals surface area (Å²) in [4.78, 5) is 6.89. The van der Waals surface area contributed by atoms with E-state index >= 15 is 0 Å². The zero-order valence-electron chi connectivity index (χ0n) is 8.30. The molecule has 0 atom stereocenters. The van der Waals surface area contributed by atoms with Gasteiger partial charge >= 0.3 is 0 Å². The molecule has 1 aromatic carbocycles. The molecule has 0 spiro atoms. The maximum absolute atomic E-state index is 6.02. The monoisotopic (exact) mass is 256 g/mol. The summed E-state index contributed by atoms with van der Waals surface area (Å²) in [5, 5.41) is 4.13. The average Bonchev–Trinajstić information content (AvgIpc) is 2.68. The van der Waals surface area contributed by atoms with Crippen LogP contribution in [0.4, 0.5) is 11.4 Å². The second-order valence-corrected chi connectivity index (χ2v) is 4.10. The van der Waals surface area contributed by atoms with Gasteiger partial charge in [-0.05, 0) is 12.1 Å². The highest BCUT2D eigenvalue weighted by atomic mass is 35.5. The lowest BCUT2D eigenvalue weighted by molar-refractivity contribution is 1.07. The van der Waals surface area contributed by atoms with Gasteiger partial charge in [0.25, 0.3) is 0 Å². The summed E-state index contributed by atoms with van der Waals surface area (Å²) in [6, 6.07) is 3.31. The van der Waals surface area contributed by atoms with Crippen LogP contribution in [0.2, 0.25) is 10.0 Å². The minimum atomic E-state index is 0.504. The number of hydrogen-bond donors (Lipinski definition) is 3. The Hall–Kier alpha value is -1.39. The lowest BCUT2D eigenvalue weighted by Gasteiger charge is -2.10. The van der Waals surface area contributed by atoms with Crippen LogP contribution in [0.15, 0.2) is 24.7 Å². The summed E-state index contributed by atoms with van der Waals surface area (Å²) in [5.41, 5.74) is 7.77. The summed E-state index contributed by atoms with van der Waals surface area (Å²) in [7, 11) is 0. The van der Waals surface area contributed by atoms with E-state index in [4.69, 9.17) is 28.9 Å². The van der Waals surface area contributed by atoms with Gasteiger partial charge < -0.3 is 16.0 Å². The van der Waals surface area contributed by atoms with Crippen molar-refractivity contribution in [1.29, 1.82) is 0 Å². The van der Waals surface area contributed by atoms with E-state index in [2.05, 4.69) is 15.3 Å². The number of anilines is 2. The first kappa shape index (κ1) is 11.1. The fourth-order valence-electron chi connectivity index (χ4n) is 1.33. The Morgan fingerprint density at radius 1 is 1.31 bits per heavy atom. The van der Waals surface area contributed by atoms with Crippen molar-refractivity contribution in [2.24, 2.45) is 0 Å². The van der Waals surface area contributed by atoms with Crippen LogP contribution in [0.25, 0.3) is 0 Å². The molecule has 16 heavy (non-hydrogen) atoms. The van der Waals surface area contributed by atoms with E-state index in [1.807, 2.05) is 0 Å². The van der Waals surface area contributed by atoms with E-state index in [0.29, 0.717) is 28.0 Å². The van der Waals surface area contributed by atoms with E-state index in [1.54, 1.807) is 24.7 Å². The molecule has 84 valence electrons. The molecule has 2 aromatic rings. The molecular formula is C10H10Cl2N4. The first-order valence-corrected chi connectivity index (χ1v) is 5.38. The van der Waals surface area contributed by atoms with Crippen molar-refractivity contribution >= 4 is 34.6 Å². The number of nitrogen functional groups attached to an aromatic ring is 1. The van der Waals surface area contributed by atoms with Crippen molar-refractivity contribution in [2.75, 3.05) is 11.1 Å². The highest BCUT2D eigenvalue weighted by Gasteiger charge is 2.07. The molecule has 0 radical (unpaired) electrons. The molecule has 0 amide bonds. The van der Waals surface area contributed by atoms with Crippen LogP contribution in [-0.2, 0) is 6.54 Å².